The van der Waals surface area contributed by atoms with Crippen molar-refractivity contribution in [2.45, 2.75) is 6.61 Å². The standard InChI is InChI=1S/C12H10N4O2/c17-7-10-11-12(18)13-9(6-16(11)15-14-10)8-4-2-1-3-5-8/h1-6,17H,7H2,(H,13,18). The molecule has 6 heteroatoms. The minimum atomic E-state index is -0.314. The Hall–Kier alpha value is -2.47. The van der Waals surface area contributed by atoms with Gasteiger partial charge in [-0.05, 0) is 5.56 Å². The molecule has 2 N–H and O–H groups in total. The number of hydrogen-bond acceptors (Lipinski definition) is 4. The van der Waals surface area contributed by atoms with Crippen LogP contribution < -0.4 is 5.56 Å². The number of H-pyrrole nitrogens is 1. The number of aromatic amines is 1. The molecule has 2 aromatic heterocycles. The lowest BCUT2D eigenvalue weighted by atomic mass is 10.2. The molecular weight excluding hydrogens is 232 g/mol. The molecule has 0 saturated heterocycles. The van der Waals surface area contributed by atoms with Gasteiger partial charge in [0, 0.05) is 0 Å². The van der Waals surface area contributed by atoms with Crippen molar-refractivity contribution in [3.05, 3.63) is 52.6 Å². The maximum absolute atomic E-state index is 11.9. The first-order valence-corrected chi connectivity index (χ1v) is 5.43. The summed E-state index contributed by atoms with van der Waals surface area (Å²) >= 11 is 0. The van der Waals surface area contributed by atoms with Gasteiger partial charge in [-0.15, -0.1) is 5.10 Å². The van der Waals surface area contributed by atoms with Gasteiger partial charge in [-0.1, -0.05) is 35.5 Å². The van der Waals surface area contributed by atoms with Crippen molar-refractivity contribution in [1.82, 2.24) is 19.8 Å². The van der Waals surface area contributed by atoms with Crippen LogP contribution in [0.15, 0.2) is 41.3 Å². The monoisotopic (exact) mass is 242 g/mol. The first kappa shape index (κ1) is 10.7. The van der Waals surface area contributed by atoms with Gasteiger partial charge < -0.3 is 10.1 Å². The Morgan fingerprint density at radius 1 is 1.28 bits per heavy atom. The van der Waals surface area contributed by atoms with E-state index in [1.807, 2.05) is 30.3 Å². The average molecular weight is 242 g/mol. The van der Waals surface area contributed by atoms with Gasteiger partial charge in [-0.25, -0.2) is 4.52 Å². The van der Waals surface area contributed by atoms with E-state index in [4.69, 9.17) is 5.11 Å². The smallest absolute Gasteiger partial charge is 0.276 e. The summed E-state index contributed by atoms with van der Waals surface area (Å²) in [5.41, 5.74) is 1.78. The van der Waals surface area contributed by atoms with Crippen LogP contribution >= 0.6 is 0 Å². The molecule has 0 spiro atoms. The Morgan fingerprint density at radius 3 is 2.78 bits per heavy atom. The van der Waals surface area contributed by atoms with Crippen LogP contribution in [0.3, 0.4) is 0 Å². The molecule has 90 valence electrons. The predicted octanol–water partition coefficient (Wildman–Crippen LogP) is 0.577. The lowest BCUT2D eigenvalue weighted by molar-refractivity contribution is 0.278. The van der Waals surface area contributed by atoms with Crippen molar-refractivity contribution < 1.29 is 5.11 Å². The summed E-state index contributed by atoms with van der Waals surface area (Å²) < 4.78 is 1.38. The molecule has 3 rings (SSSR count). The van der Waals surface area contributed by atoms with E-state index in [0.717, 1.165) is 5.56 Å². The van der Waals surface area contributed by atoms with Gasteiger partial charge in [0.1, 0.15) is 5.69 Å². The van der Waals surface area contributed by atoms with Crippen LogP contribution in [0.2, 0.25) is 0 Å². The number of nitrogens with one attached hydrogen (secondary N) is 1. The number of aliphatic hydroxyl groups is 1. The van der Waals surface area contributed by atoms with E-state index in [2.05, 4.69) is 15.3 Å². The fourth-order valence-corrected chi connectivity index (χ4v) is 1.86. The highest BCUT2D eigenvalue weighted by Crippen LogP contribution is 2.15. The lowest BCUT2D eigenvalue weighted by Gasteiger charge is -2.01. The highest BCUT2D eigenvalue weighted by atomic mass is 16.3. The van der Waals surface area contributed by atoms with E-state index in [9.17, 15) is 4.79 Å². The average Bonchev–Trinajstić information content (AvgIpc) is 2.83. The number of aliphatic hydroxyl groups excluding tert-OH is 1. The third-order valence-corrected chi connectivity index (χ3v) is 2.71. The molecule has 0 aliphatic heterocycles. The quantitative estimate of drug-likeness (QED) is 0.688. The minimum absolute atomic E-state index is 0.274. The molecule has 0 saturated carbocycles. The predicted molar refractivity (Wildman–Crippen MR) is 65.0 cm³/mol. The molecule has 0 radical (unpaired) electrons. The Labute approximate surface area is 102 Å². The molecule has 0 aliphatic rings. The topological polar surface area (TPSA) is 83.3 Å². The Bertz CT molecular complexity index is 746. The summed E-state index contributed by atoms with van der Waals surface area (Å²) in [5, 5.41) is 16.6. The largest absolute Gasteiger partial charge is 0.390 e. The van der Waals surface area contributed by atoms with Crippen molar-refractivity contribution in [3.8, 4) is 11.3 Å². The molecule has 6 nitrogen and oxygen atoms in total. The number of fused-ring (bicyclic) bond motifs is 1. The van der Waals surface area contributed by atoms with E-state index >= 15 is 0 Å². The summed E-state index contributed by atoms with van der Waals surface area (Å²) in [6, 6.07) is 9.46. The van der Waals surface area contributed by atoms with E-state index in [1.165, 1.54) is 4.52 Å². The van der Waals surface area contributed by atoms with Crippen LogP contribution in [0.1, 0.15) is 5.69 Å². The Balaban J connectivity index is 2.26. The molecule has 2 heterocycles. The molecule has 0 fully saturated rings. The van der Waals surface area contributed by atoms with E-state index < -0.39 is 0 Å². The number of rotatable bonds is 2. The van der Waals surface area contributed by atoms with Gasteiger partial charge in [-0.3, -0.25) is 4.79 Å². The normalized spacial score (nSPS) is 10.9. The molecule has 0 atom stereocenters. The Morgan fingerprint density at radius 2 is 2.06 bits per heavy atom. The number of nitrogens with zero attached hydrogens (tertiary/aromatic N) is 3. The summed E-state index contributed by atoms with van der Waals surface area (Å²) in [4.78, 5) is 14.7. The summed E-state index contributed by atoms with van der Waals surface area (Å²) in [7, 11) is 0. The van der Waals surface area contributed by atoms with Gasteiger partial charge in [0.15, 0.2) is 5.52 Å². The third-order valence-electron chi connectivity index (χ3n) is 2.71. The number of benzene rings is 1. The maximum Gasteiger partial charge on any atom is 0.276 e. The molecule has 0 aliphatic carbocycles. The fourth-order valence-electron chi connectivity index (χ4n) is 1.86. The highest BCUT2D eigenvalue weighted by molar-refractivity contribution is 5.60. The molecule has 18 heavy (non-hydrogen) atoms. The Kier molecular flexibility index (Phi) is 2.42. The molecule has 1 aromatic carbocycles. The second kappa shape index (κ2) is 4.08. The van der Waals surface area contributed by atoms with E-state index in [0.29, 0.717) is 5.69 Å². The van der Waals surface area contributed by atoms with Crippen molar-refractivity contribution in [2.75, 3.05) is 0 Å². The number of hydrogen-bond donors (Lipinski definition) is 2. The summed E-state index contributed by atoms with van der Waals surface area (Å²) in [6.45, 7) is -0.308. The van der Waals surface area contributed by atoms with Crippen LogP contribution in [0, 0.1) is 0 Å². The van der Waals surface area contributed by atoms with Gasteiger partial charge in [0.05, 0.1) is 18.5 Å². The minimum Gasteiger partial charge on any atom is -0.390 e. The molecule has 3 aromatic rings. The second-order valence-electron chi connectivity index (χ2n) is 3.85. The van der Waals surface area contributed by atoms with Gasteiger partial charge in [0.2, 0.25) is 0 Å². The summed E-state index contributed by atoms with van der Waals surface area (Å²) in [5.74, 6) is 0. The zero-order chi connectivity index (χ0) is 12.5. The zero-order valence-electron chi connectivity index (χ0n) is 9.37. The molecular formula is C12H10N4O2. The van der Waals surface area contributed by atoms with Crippen LogP contribution in [0.4, 0.5) is 0 Å². The van der Waals surface area contributed by atoms with E-state index in [-0.39, 0.29) is 23.4 Å². The lowest BCUT2D eigenvalue weighted by Crippen LogP contribution is -2.12. The van der Waals surface area contributed by atoms with Crippen LogP contribution in [-0.4, -0.2) is 24.9 Å². The molecule has 0 amide bonds. The number of aromatic nitrogens is 4. The van der Waals surface area contributed by atoms with Crippen LogP contribution in [-0.2, 0) is 6.61 Å². The summed E-state index contributed by atoms with van der Waals surface area (Å²) in [6.07, 6.45) is 1.68. The first-order valence-electron chi connectivity index (χ1n) is 5.43. The van der Waals surface area contributed by atoms with Crippen molar-refractivity contribution in [2.24, 2.45) is 0 Å². The highest BCUT2D eigenvalue weighted by Gasteiger charge is 2.10. The van der Waals surface area contributed by atoms with Gasteiger partial charge in [0.25, 0.3) is 5.56 Å². The van der Waals surface area contributed by atoms with Crippen LogP contribution in [0.25, 0.3) is 16.8 Å². The molecule has 0 unspecified atom stereocenters. The SMILES string of the molecule is O=c1[nH]c(-c2ccccc2)cn2nnc(CO)c12. The van der Waals surface area contributed by atoms with Crippen molar-refractivity contribution in [1.29, 1.82) is 0 Å². The third kappa shape index (κ3) is 1.59. The maximum atomic E-state index is 11.9. The van der Waals surface area contributed by atoms with E-state index in [1.54, 1.807) is 6.20 Å². The van der Waals surface area contributed by atoms with Crippen LogP contribution in [0.5, 0.6) is 0 Å². The fraction of sp³-hybridized carbons (Fsp3) is 0.0833. The zero-order valence-corrected chi connectivity index (χ0v) is 9.37. The van der Waals surface area contributed by atoms with Gasteiger partial charge >= 0.3 is 0 Å². The molecule has 0 bridgehead atoms. The second-order valence-corrected chi connectivity index (χ2v) is 3.85. The van der Waals surface area contributed by atoms with Gasteiger partial charge in [-0.2, -0.15) is 0 Å². The van der Waals surface area contributed by atoms with Crippen molar-refractivity contribution in [3.63, 3.8) is 0 Å². The first-order chi connectivity index (χ1) is 8.79. The van der Waals surface area contributed by atoms with Crippen molar-refractivity contribution >= 4 is 5.52 Å².